The van der Waals surface area contributed by atoms with Gasteiger partial charge in [-0.3, -0.25) is 38.5 Å². The summed E-state index contributed by atoms with van der Waals surface area (Å²) in [5.41, 5.74) is 0.819. The number of anilines is 1. The number of amides is 6. The molecule has 6 N–H and O–H groups in total. The number of H-pyrrole nitrogens is 1. The van der Waals surface area contributed by atoms with Gasteiger partial charge < -0.3 is 26.4 Å². The van der Waals surface area contributed by atoms with Gasteiger partial charge in [0.1, 0.15) is 12.1 Å². The molecule has 2 heterocycles. The summed E-state index contributed by atoms with van der Waals surface area (Å²) in [5, 5.41) is 33.1. The highest BCUT2D eigenvalue weighted by molar-refractivity contribution is 6.12. The van der Waals surface area contributed by atoms with Crippen molar-refractivity contribution in [1.29, 1.82) is 0 Å². The number of carboxylic acids is 1. The van der Waals surface area contributed by atoms with Crippen molar-refractivity contribution in [2.24, 2.45) is 5.92 Å². The van der Waals surface area contributed by atoms with Gasteiger partial charge in [0.2, 0.25) is 17.7 Å². The van der Waals surface area contributed by atoms with Crippen LogP contribution >= 0.6 is 0 Å². The molecule has 0 spiro atoms. The maximum Gasteiger partial charge on any atom is 0.303 e. The number of hydrogen-bond acceptors (Lipinski definition) is 10. The molecule has 1 aromatic heterocycles. The number of carboxylic acid groups (broad SMARTS) is 1. The second kappa shape index (κ2) is 18.0. The monoisotopic (exact) mass is 667 g/mol. The Morgan fingerprint density at radius 3 is 2.25 bits per heavy atom. The summed E-state index contributed by atoms with van der Waals surface area (Å²) in [6.45, 7) is 5.56. The molecular formula is C31H41N9O8. The van der Waals surface area contributed by atoms with Crippen molar-refractivity contribution in [2.75, 3.05) is 18.4 Å². The van der Waals surface area contributed by atoms with Crippen molar-refractivity contribution in [1.82, 2.24) is 41.5 Å². The van der Waals surface area contributed by atoms with Crippen LogP contribution in [0.4, 0.5) is 5.69 Å². The highest BCUT2D eigenvalue weighted by Crippen LogP contribution is 2.24. The Balaban J connectivity index is 1.52. The lowest BCUT2D eigenvalue weighted by Gasteiger charge is -2.24. The van der Waals surface area contributed by atoms with E-state index in [1.54, 1.807) is 13.8 Å². The molecule has 1 aliphatic rings. The molecule has 0 aliphatic carbocycles. The predicted octanol–water partition coefficient (Wildman–Crippen LogP) is 0.921. The Bertz CT molecular complexity index is 1510. The molecular weight excluding hydrogens is 626 g/mol. The molecule has 48 heavy (non-hydrogen) atoms. The van der Waals surface area contributed by atoms with Gasteiger partial charge in [-0.15, -0.1) is 5.10 Å². The molecule has 2 atom stereocenters. The average molecular weight is 668 g/mol. The standard InChI is InChI=1S/C31H41N9O8/c1-18(2)27(35-23(41)9-5-4-8-16-40-24(42)13-14-25(40)43)31(48)33-19(3)29(46)34-20-11-12-21(22(17-20)28-36-38-39-37-28)30(47)32-15-7-6-10-26(44)45/h11-14,17-19,27H,4-10,15-16H2,1-3H3,(H,32,47)(H,33,48)(H,34,46)(H,35,41)(H,44,45)(H,36,37,38,39)/t19-,27-/m0/s1. The van der Waals surface area contributed by atoms with E-state index < -0.39 is 35.8 Å². The van der Waals surface area contributed by atoms with Gasteiger partial charge in [-0.05, 0) is 67.2 Å². The first-order valence-electron chi connectivity index (χ1n) is 15.7. The van der Waals surface area contributed by atoms with Crippen LogP contribution in [-0.2, 0) is 28.8 Å². The molecule has 0 saturated heterocycles. The van der Waals surface area contributed by atoms with Crippen LogP contribution in [0.25, 0.3) is 11.4 Å². The lowest BCUT2D eigenvalue weighted by molar-refractivity contribution is -0.138. The number of aliphatic carboxylic acids is 1. The van der Waals surface area contributed by atoms with E-state index in [9.17, 15) is 33.6 Å². The topological polar surface area (TPSA) is 246 Å². The zero-order chi connectivity index (χ0) is 35.2. The summed E-state index contributed by atoms with van der Waals surface area (Å²) < 4.78 is 0. The van der Waals surface area contributed by atoms with E-state index in [4.69, 9.17) is 5.11 Å². The number of aromatic nitrogens is 4. The minimum atomic E-state index is -0.995. The number of nitrogens with one attached hydrogen (secondary N) is 5. The molecule has 1 aromatic carbocycles. The van der Waals surface area contributed by atoms with Crippen LogP contribution in [0, 0.1) is 5.92 Å². The maximum absolute atomic E-state index is 13.1. The van der Waals surface area contributed by atoms with Crippen LogP contribution < -0.4 is 21.3 Å². The van der Waals surface area contributed by atoms with E-state index in [1.807, 2.05) is 0 Å². The Labute approximate surface area is 276 Å². The largest absolute Gasteiger partial charge is 0.481 e. The van der Waals surface area contributed by atoms with Gasteiger partial charge >= 0.3 is 5.97 Å². The Hall–Kier alpha value is -5.48. The minimum Gasteiger partial charge on any atom is -0.481 e. The summed E-state index contributed by atoms with van der Waals surface area (Å²) in [6.07, 6.45) is 5.14. The minimum absolute atomic E-state index is 0.000414. The summed E-state index contributed by atoms with van der Waals surface area (Å²) in [4.78, 5) is 86.7. The number of carbonyl (C=O) groups excluding carboxylic acids is 6. The van der Waals surface area contributed by atoms with Crippen LogP contribution in [0.15, 0.2) is 30.4 Å². The number of nitrogens with zero attached hydrogens (tertiary/aromatic N) is 4. The number of rotatable bonds is 19. The Kier molecular flexibility index (Phi) is 13.9. The number of tetrazole rings is 1. The van der Waals surface area contributed by atoms with E-state index in [2.05, 4.69) is 41.9 Å². The third kappa shape index (κ3) is 11.1. The molecule has 1 aliphatic heterocycles. The van der Waals surface area contributed by atoms with E-state index >= 15 is 0 Å². The summed E-state index contributed by atoms with van der Waals surface area (Å²) >= 11 is 0. The predicted molar refractivity (Wildman–Crippen MR) is 171 cm³/mol. The Morgan fingerprint density at radius 1 is 0.896 bits per heavy atom. The van der Waals surface area contributed by atoms with E-state index in [-0.39, 0.29) is 61.0 Å². The molecule has 0 bridgehead atoms. The lowest BCUT2D eigenvalue weighted by atomic mass is 10.0. The SMILES string of the molecule is CC(C)[C@H](NC(=O)CCCCCN1C(=O)C=CC1=O)C(=O)N[C@@H](C)C(=O)Nc1ccc(C(=O)NCCCCC(=O)O)c(-c2nnn[nH]2)c1. The summed E-state index contributed by atoms with van der Waals surface area (Å²) in [7, 11) is 0. The Morgan fingerprint density at radius 2 is 1.60 bits per heavy atom. The number of benzene rings is 1. The van der Waals surface area contributed by atoms with E-state index in [0.29, 0.717) is 43.4 Å². The molecule has 0 unspecified atom stereocenters. The van der Waals surface area contributed by atoms with E-state index in [1.165, 1.54) is 37.3 Å². The van der Waals surface area contributed by atoms with Gasteiger partial charge in [-0.1, -0.05) is 20.3 Å². The molecule has 0 saturated carbocycles. The van der Waals surface area contributed by atoms with Crippen LogP contribution in [0.5, 0.6) is 0 Å². The first kappa shape index (κ1) is 37.0. The quantitative estimate of drug-likeness (QED) is 0.0908. The second-order valence-electron chi connectivity index (χ2n) is 11.6. The third-order valence-electron chi connectivity index (χ3n) is 7.44. The molecule has 2 aromatic rings. The highest BCUT2D eigenvalue weighted by Gasteiger charge is 2.27. The van der Waals surface area contributed by atoms with Crippen LogP contribution in [0.1, 0.15) is 76.1 Å². The van der Waals surface area contributed by atoms with Gasteiger partial charge in [-0.2, -0.15) is 0 Å². The normalized spacial score (nSPS) is 13.7. The molecule has 17 heteroatoms. The fourth-order valence-corrected chi connectivity index (χ4v) is 4.77. The lowest BCUT2D eigenvalue weighted by Crippen LogP contribution is -2.53. The highest BCUT2D eigenvalue weighted by atomic mass is 16.4. The molecule has 258 valence electrons. The van der Waals surface area contributed by atoms with Gasteiger partial charge in [0.05, 0.1) is 5.56 Å². The maximum atomic E-state index is 13.1. The number of aromatic amines is 1. The molecule has 0 fully saturated rings. The van der Waals surface area contributed by atoms with Gasteiger partial charge in [0.25, 0.3) is 17.7 Å². The summed E-state index contributed by atoms with van der Waals surface area (Å²) in [5.74, 6) is -3.58. The number of unbranched alkanes of at least 4 members (excludes halogenated alkanes) is 3. The second-order valence-corrected chi connectivity index (χ2v) is 11.6. The molecule has 3 rings (SSSR count). The number of hydrogen-bond donors (Lipinski definition) is 6. The molecule has 6 amide bonds. The van der Waals surface area contributed by atoms with Gasteiger partial charge in [0.15, 0.2) is 5.82 Å². The molecule has 17 nitrogen and oxygen atoms in total. The first-order valence-corrected chi connectivity index (χ1v) is 15.7. The van der Waals surface area contributed by atoms with Crippen molar-refractivity contribution in [3.05, 3.63) is 35.9 Å². The van der Waals surface area contributed by atoms with Gasteiger partial charge in [0, 0.05) is 49.3 Å². The van der Waals surface area contributed by atoms with Crippen LogP contribution in [0.2, 0.25) is 0 Å². The van der Waals surface area contributed by atoms with Crippen molar-refractivity contribution in [3.8, 4) is 11.4 Å². The summed E-state index contributed by atoms with van der Waals surface area (Å²) in [6, 6.07) is 2.60. The van der Waals surface area contributed by atoms with E-state index in [0.717, 1.165) is 4.90 Å². The van der Waals surface area contributed by atoms with Crippen molar-refractivity contribution < 1.29 is 38.7 Å². The smallest absolute Gasteiger partial charge is 0.303 e. The zero-order valence-corrected chi connectivity index (χ0v) is 27.1. The van der Waals surface area contributed by atoms with Crippen molar-refractivity contribution in [2.45, 2.75) is 77.8 Å². The first-order chi connectivity index (χ1) is 22.9. The third-order valence-corrected chi connectivity index (χ3v) is 7.44. The molecule has 0 radical (unpaired) electrons. The number of imide groups is 1. The van der Waals surface area contributed by atoms with Crippen molar-refractivity contribution in [3.63, 3.8) is 0 Å². The zero-order valence-electron chi connectivity index (χ0n) is 27.1. The van der Waals surface area contributed by atoms with Crippen molar-refractivity contribution >= 4 is 47.1 Å². The number of carbonyl (C=O) groups is 7. The fourth-order valence-electron chi connectivity index (χ4n) is 4.77. The van der Waals surface area contributed by atoms with Crippen LogP contribution in [0.3, 0.4) is 0 Å². The average Bonchev–Trinajstić information content (AvgIpc) is 3.69. The van der Waals surface area contributed by atoms with Gasteiger partial charge in [-0.25, -0.2) is 5.10 Å². The fraction of sp³-hybridized carbons (Fsp3) is 0.484. The van der Waals surface area contributed by atoms with Crippen LogP contribution in [-0.4, -0.2) is 97.2 Å².